The Balaban J connectivity index is 0.827. The zero-order valence-electron chi connectivity index (χ0n) is 32.7. The van der Waals surface area contributed by atoms with Crippen molar-refractivity contribution in [2.75, 3.05) is 62.8 Å². The normalized spacial score (nSPS) is 23.6. The van der Waals surface area contributed by atoms with Crippen molar-refractivity contribution in [3.05, 3.63) is 107 Å². The number of piperidine rings is 2. The van der Waals surface area contributed by atoms with E-state index in [2.05, 4.69) is 54.6 Å². The first-order chi connectivity index (χ1) is 28.2. The molecule has 12 nitrogen and oxygen atoms in total. The number of fused-ring (bicyclic) bond motifs is 4. The van der Waals surface area contributed by atoms with E-state index in [-0.39, 0.29) is 53.9 Å². The lowest BCUT2D eigenvalue weighted by atomic mass is 9.69. The Kier molecular flexibility index (Phi) is 10.4. The molecule has 3 N–H and O–H groups in total. The molecule has 302 valence electrons. The molecular weight excluding hydrogens is 740 g/mol. The van der Waals surface area contributed by atoms with Gasteiger partial charge in [-0.2, -0.15) is 0 Å². The number of nitrogens with zero attached hydrogens (tertiary/aromatic N) is 4. The molecule has 3 saturated heterocycles. The lowest BCUT2D eigenvalue weighted by Crippen LogP contribution is -2.58. The summed E-state index contributed by atoms with van der Waals surface area (Å²) in [6.45, 7) is 5.46. The zero-order chi connectivity index (χ0) is 39.9. The van der Waals surface area contributed by atoms with Crippen molar-refractivity contribution in [1.29, 1.82) is 0 Å². The Hall–Kier alpha value is -5.69. The van der Waals surface area contributed by atoms with Crippen LogP contribution in [0.25, 0.3) is 0 Å². The number of anilines is 2. The molecule has 9 rings (SSSR count). The summed E-state index contributed by atoms with van der Waals surface area (Å²) in [6, 6.07) is 22.5. The fourth-order valence-corrected chi connectivity index (χ4v) is 9.86. The van der Waals surface area contributed by atoms with Crippen molar-refractivity contribution in [3.63, 3.8) is 0 Å². The number of aromatic nitrogens is 1. The fraction of sp³-hybridized carbons (Fsp3) is 0.422. The second kappa shape index (κ2) is 15.9. The van der Waals surface area contributed by atoms with E-state index >= 15 is 4.39 Å². The van der Waals surface area contributed by atoms with Gasteiger partial charge in [-0.25, -0.2) is 9.37 Å². The van der Waals surface area contributed by atoms with Gasteiger partial charge < -0.3 is 29.7 Å². The molecule has 0 bridgehead atoms. The van der Waals surface area contributed by atoms with Crippen LogP contribution < -0.4 is 29.9 Å². The number of hydrogen-bond donors (Lipinski definition) is 3. The Morgan fingerprint density at radius 2 is 1.78 bits per heavy atom. The first-order valence-electron chi connectivity index (χ1n) is 20.5. The van der Waals surface area contributed by atoms with Gasteiger partial charge in [-0.15, -0.1) is 0 Å². The number of methoxy groups -OCH3 is 1. The third-order valence-corrected chi connectivity index (χ3v) is 12.8. The van der Waals surface area contributed by atoms with Crippen molar-refractivity contribution in [1.82, 2.24) is 20.5 Å². The number of carbonyl (C=O) groups is 3. The molecule has 1 aromatic heterocycles. The minimum absolute atomic E-state index is 0.119. The number of phenolic OH excluding ortho intramolecular Hbond substituents is 1. The van der Waals surface area contributed by atoms with Crippen LogP contribution in [0.5, 0.6) is 17.4 Å². The van der Waals surface area contributed by atoms with Crippen LogP contribution in [0.15, 0.2) is 72.8 Å². The van der Waals surface area contributed by atoms with Gasteiger partial charge in [0.25, 0.3) is 5.91 Å². The van der Waals surface area contributed by atoms with Crippen molar-refractivity contribution in [2.24, 2.45) is 5.92 Å². The van der Waals surface area contributed by atoms with Gasteiger partial charge in [-0.05, 0) is 91.0 Å². The Bertz CT molecular complexity index is 2210. The second-order valence-corrected chi connectivity index (χ2v) is 16.3. The average molecular weight is 789 g/mol. The van der Waals surface area contributed by atoms with Gasteiger partial charge in [-0.1, -0.05) is 36.4 Å². The number of imide groups is 1. The lowest BCUT2D eigenvalue weighted by molar-refractivity contribution is -0.134. The number of ether oxygens (including phenoxy) is 2. The summed E-state index contributed by atoms with van der Waals surface area (Å²) in [6.07, 6.45) is 4.07. The predicted octanol–water partition coefficient (Wildman–Crippen LogP) is 5.13. The fourth-order valence-electron chi connectivity index (χ4n) is 9.86. The molecule has 3 amide bonds. The standard InChI is InChI=1S/C45H49FN6O6/c1-57-40-23-39(35(46)22-34(40)42-32(28-5-3-2-4-6-28)9-7-29-21-31(53)8-10-33(29)42)51-17-15-27(16-18-51)24-50-19-20-52-30(25-50)26-58-45-38(52)13-11-37(48-45)43(55)47-36-12-14-41(54)49-44(36)56/h2-6,8,10-11,13,21-23,27,30,32,36,42,53H,7,9,12,14-20,24-26H2,1H3,(H,47,55)(H,49,54,56)/t30-,32-,36+,42+/m1/s1. The van der Waals surface area contributed by atoms with Crippen LogP contribution in [-0.4, -0.2) is 97.8 Å². The van der Waals surface area contributed by atoms with Crippen LogP contribution in [0, 0.1) is 11.7 Å². The molecule has 3 aromatic carbocycles. The summed E-state index contributed by atoms with van der Waals surface area (Å²) in [5.74, 6) is 0.273. The van der Waals surface area contributed by atoms with Gasteiger partial charge >= 0.3 is 0 Å². The molecule has 5 aliphatic rings. The number of carbonyl (C=O) groups excluding carboxylic acids is 3. The maximum absolute atomic E-state index is 16.4. The maximum Gasteiger partial charge on any atom is 0.270 e. The van der Waals surface area contributed by atoms with E-state index in [4.69, 9.17) is 9.47 Å². The molecule has 4 aromatic rings. The smallest absolute Gasteiger partial charge is 0.270 e. The number of piperazine rings is 1. The van der Waals surface area contributed by atoms with Gasteiger partial charge in [0.1, 0.15) is 41.3 Å². The van der Waals surface area contributed by atoms with Crippen molar-refractivity contribution in [2.45, 2.75) is 62.4 Å². The summed E-state index contributed by atoms with van der Waals surface area (Å²) >= 11 is 0. The minimum Gasteiger partial charge on any atom is -0.508 e. The second-order valence-electron chi connectivity index (χ2n) is 16.3. The summed E-state index contributed by atoms with van der Waals surface area (Å²) in [5, 5.41) is 15.2. The van der Waals surface area contributed by atoms with Gasteiger partial charge in [0.15, 0.2) is 0 Å². The van der Waals surface area contributed by atoms with E-state index < -0.39 is 17.9 Å². The first kappa shape index (κ1) is 37.9. The third kappa shape index (κ3) is 7.43. The van der Waals surface area contributed by atoms with Gasteiger partial charge in [0.05, 0.1) is 18.8 Å². The van der Waals surface area contributed by atoms with Crippen LogP contribution in [0.3, 0.4) is 0 Å². The van der Waals surface area contributed by atoms with Crippen molar-refractivity contribution < 1.29 is 33.4 Å². The largest absolute Gasteiger partial charge is 0.508 e. The highest BCUT2D eigenvalue weighted by Crippen LogP contribution is 2.50. The topological polar surface area (TPSA) is 137 Å². The number of hydrogen-bond acceptors (Lipinski definition) is 10. The van der Waals surface area contributed by atoms with Gasteiger partial charge in [-0.3, -0.25) is 24.6 Å². The quantitative estimate of drug-likeness (QED) is 0.206. The number of nitrogens with one attached hydrogen (secondary N) is 2. The number of benzene rings is 3. The van der Waals surface area contributed by atoms with Crippen LogP contribution in [0.2, 0.25) is 0 Å². The van der Waals surface area contributed by atoms with Gasteiger partial charge in [0.2, 0.25) is 17.7 Å². The summed E-state index contributed by atoms with van der Waals surface area (Å²) in [7, 11) is 1.67. The van der Waals surface area contributed by atoms with E-state index in [0.717, 1.165) is 87.3 Å². The summed E-state index contributed by atoms with van der Waals surface area (Å²) < 4.78 is 28.5. The summed E-state index contributed by atoms with van der Waals surface area (Å²) in [4.78, 5) is 48.0. The first-order valence-corrected chi connectivity index (χ1v) is 20.5. The molecule has 0 unspecified atom stereocenters. The maximum atomic E-state index is 16.4. The number of aryl methyl sites for hydroxylation is 1. The lowest BCUT2D eigenvalue weighted by Gasteiger charge is -2.46. The van der Waals surface area contributed by atoms with Crippen molar-refractivity contribution >= 4 is 29.1 Å². The SMILES string of the molecule is COc1cc(N2CCC(CN3CCN4c5ccc(C(=O)N[C@H]6CCC(=O)NC6=O)nc5OC[C@H]4C3)CC2)c(F)cc1[C@@H]1c2ccc(O)cc2CC[C@@H]1c1ccccc1. The highest BCUT2D eigenvalue weighted by atomic mass is 19.1. The van der Waals surface area contributed by atoms with E-state index in [1.165, 1.54) is 5.56 Å². The molecule has 5 heterocycles. The van der Waals surface area contributed by atoms with E-state index in [1.807, 2.05) is 30.3 Å². The highest BCUT2D eigenvalue weighted by molar-refractivity contribution is 6.03. The Labute approximate surface area is 337 Å². The number of halogens is 1. The average Bonchev–Trinajstić information content (AvgIpc) is 3.24. The number of pyridine rings is 1. The van der Waals surface area contributed by atoms with Crippen LogP contribution in [-0.2, 0) is 16.0 Å². The number of phenols is 1. The Morgan fingerprint density at radius 3 is 2.57 bits per heavy atom. The summed E-state index contributed by atoms with van der Waals surface area (Å²) in [5.41, 5.74) is 5.84. The van der Waals surface area contributed by atoms with E-state index in [1.54, 1.807) is 25.3 Å². The molecule has 4 atom stereocenters. The van der Waals surface area contributed by atoms with Crippen LogP contribution >= 0.6 is 0 Å². The molecule has 0 saturated carbocycles. The zero-order valence-corrected chi connectivity index (χ0v) is 32.7. The van der Waals surface area contributed by atoms with Crippen LogP contribution in [0.1, 0.15) is 76.7 Å². The number of amides is 3. The number of aromatic hydroxyl groups is 1. The highest BCUT2D eigenvalue weighted by Gasteiger charge is 2.38. The van der Waals surface area contributed by atoms with E-state index in [9.17, 15) is 19.5 Å². The molecule has 3 fully saturated rings. The van der Waals surface area contributed by atoms with Crippen LogP contribution in [0.4, 0.5) is 15.8 Å². The molecule has 4 aliphatic heterocycles. The van der Waals surface area contributed by atoms with Crippen molar-refractivity contribution in [3.8, 4) is 17.4 Å². The van der Waals surface area contributed by atoms with Gasteiger partial charge in [0, 0.05) is 63.2 Å². The molecular formula is C45H49FN6O6. The minimum atomic E-state index is -0.776. The monoisotopic (exact) mass is 788 g/mol. The third-order valence-electron chi connectivity index (χ3n) is 12.8. The number of rotatable bonds is 8. The molecule has 0 radical (unpaired) electrons. The molecule has 58 heavy (non-hydrogen) atoms. The molecule has 13 heteroatoms. The Morgan fingerprint density at radius 1 is 0.948 bits per heavy atom. The molecule has 0 spiro atoms. The van der Waals surface area contributed by atoms with E-state index in [0.29, 0.717) is 29.8 Å². The molecule has 1 aliphatic carbocycles. The predicted molar refractivity (Wildman–Crippen MR) is 216 cm³/mol.